The first-order valence-corrected chi connectivity index (χ1v) is 9.25. The predicted molar refractivity (Wildman–Crippen MR) is 101 cm³/mol. The molecule has 0 heterocycles. The van der Waals surface area contributed by atoms with Crippen molar-refractivity contribution in [3.05, 3.63) is 75.8 Å². The maximum Gasteiger partial charge on any atom is 0.411 e. The Labute approximate surface area is 171 Å². The van der Waals surface area contributed by atoms with E-state index in [-0.39, 0.29) is 35.6 Å². The van der Waals surface area contributed by atoms with E-state index in [1.807, 2.05) is 0 Å². The number of benzene rings is 2. The Morgan fingerprint density at radius 3 is 2.17 bits per heavy atom. The van der Waals surface area contributed by atoms with Crippen LogP contribution in [0.3, 0.4) is 0 Å². The number of allylic oxidation sites excluding steroid dienone is 1. The number of carbonyl (C=O) groups is 1. The molecule has 0 bridgehead atoms. The van der Waals surface area contributed by atoms with Crippen molar-refractivity contribution in [2.45, 2.75) is 31.6 Å². The van der Waals surface area contributed by atoms with E-state index >= 15 is 0 Å². The SMILES string of the molecule is O=C(N/C(=C/C(F)(F)F)c1ccccc1CCCC(F)(F)F)c1ccc(Br)cc1. The van der Waals surface area contributed by atoms with Gasteiger partial charge in [-0.1, -0.05) is 40.2 Å². The number of amides is 1. The molecule has 0 saturated heterocycles. The highest BCUT2D eigenvalue weighted by atomic mass is 79.9. The van der Waals surface area contributed by atoms with Crippen molar-refractivity contribution < 1.29 is 31.1 Å². The second kappa shape index (κ2) is 9.47. The number of hydrogen-bond donors (Lipinski definition) is 1. The van der Waals surface area contributed by atoms with E-state index in [4.69, 9.17) is 0 Å². The second-order valence-electron chi connectivity index (χ2n) is 6.19. The van der Waals surface area contributed by atoms with Gasteiger partial charge in [0.1, 0.15) is 0 Å². The normalized spacial score (nSPS) is 12.7. The molecule has 0 atom stereocenters. The molecule has 0 aromatic heterocycles. The van der Waals surface area contributed by atoms with Crippen molar-refractivity contribution in [3.63, 3.8) is 0 Å². The minimum Gasteiger partial charge on any atom is -0.321 e. The molecule has 156 valence electrons. The number of alkyl halides is 6. The summed E-state index contributed by atoms with van der Waals surface area (Å²) in [6.07, 6.45) is -10.6. The molecule has 1 N–H and O–H groups in total. The third-order valence-corrected chi connectivity index (χ3v) is 4.41. The monoisotopic (exact) mass is 479 g/mol. The zero-order valence-corrected chi connectivity index (χ0v) is 16.5. The van der Waals surface area contributed by atoms with Crippen LogP contribution < -0.4 is 5.32 Å². The minimum atomic E-state index is -4.73. The van der Waals surface area contributed by atoms with E-state index in [9.17, 15) is 31.1 Å². The van der Waals surface area contributed by atoms with Crippen LogP contribution in [0.15, 0.2) is 59.1 Å². The van der Waals surface area contributed by atoms with Gasteiger partial charge >= 0.3 is 12.4 Å². The summed E-state index contributed by atoms with van der Waals surface area (Å²) < 4.78 is 77.1. The van der Waals surface area contributed by atoms with Crippen molar-refractivity contribution >= 4 is 27.5 Å². The first-order chi connectivity index (χ1) is 13.4. The molecule has 29 heavy (non-hydrogen) atoms. The molecule has 0 aliphatic rings. The molecule has 0 aliphatic heterocycles. The Kier molecular flexibility index (Phi) is 7.51. The first kappa shape index (κ1) is 23.0. The Hall–Kier alpha value is -2.29. The molecule has 0 spiro atoms. The number of hydrogen-bond acceptors (Lipinski definition) is 1. The number of carbonyl (C=O) groups excluding carboxylic acids is 1. The van der Waals surface area contributed by atoms with Gasteiger partial charge in [-0.2, -0.15) is 26.3 Å². The van der Waals surface area contributed by atoms with Crippen LogP contribution in [0, 0.1) is 0 Å². The maximum atomic E-state index is 13.1. The van der Waals surface area contributed by atoms with Crippen molar-refractivity contribution in [1.82, 2.24) is 5.32 Å². The van der Waals surface area contributed by atoms with Crippen LogP contribution in [0.1, 0.15) is 34.3 Å². The highest BCUT2D eigenvalue weighted by Crippen LogP contribution is 2.28. The molecule has 0 saturated carbocycles. The first-order valence-electron chi connectivity index (χ1n) is 8.46. The summed E-state index contributed by atoms with van der Waals surface area (Å²) in [5.41, 5.74) is -0.0790. The Morgan fingerprint density at radius 2 is 1.59 bits per heavy atom. The molecule has 0 radical (unpaired) electrons. The van der Waals surface area contributed by atoms with Crippen LogP contribution in [0.5, 0.6) is 0 Å². The fourth-order valence-corrected chi connectivity index (χ4v) is 2.89. The van der Waals surface area contributed by atoms with Gasteiger partial charge < -0.3 is 5.32 Å². The standard InChI is InChI=1S/C20H16BrF6NO/c21-15-9-7-14(8-10-15)18(29)28-17(12-20(25,26)27)16-6-2-1-4-13(16)5-3-11-19(22,23)24/h1-2,4,6-10,12H,3,5,11H2,(H,28,29)/b17-12+. The lowest BCUT2D eigenvalue weighted by atomic mass is 9.98. The summed E-state index contributed by atoms with van der Waals surface area (Å²) in [5.74, 6) is -0.766. The summed E-state index contributed by atoms with van der Waals surface area (Å²) >= 11 is 3.20. The van der Waals surface area contributed by atoms with Gasteiger partial charge in [-0.05, 0) is 42.7 Å². The zero-order chi connectivity index (χ0) is 21.7. The van der Waals surface area contributed by atoms with Crippen LogP contribution in [0.2, 0.25) is 0 Å². The van der Waals surface area contributed by atoms with Crippen molar-refractivity contribution in [1.29, 1.82) is 0 Å². The predicted octanol–water partition coefficient (Wildman–Crippen LogP) is 6.67. The largest absolute Gasteiger partial charge is 0.411 e. The molecule has 0 unspecified atom stereocenters. The topological polar surface area (TPSA) is 29.1 Å². The van der Waals surface area contributed by atoms with E-state index in [0.717, 1.165) is 0 Å². The number of rotatable bonds is 6. The third kappa shape index (κ3) is 7.92. The number of aryl methyl sites for hydroxylation is 1. The second-order valence-corrected chi connectivity index (χ2v) is 7.10. The fraction of sp³-hybridized carbons (Fsp3) is 0.250. The van der Waals surface area contributed by atoms with Crippen LogP contribution in [-0.4, -0.2) is 18.3 Å². The summed E-state index contributed by atoms with van der Waals surface area (Å²) in [7, 11) is 0. The number of nitrogens with one attached hydrogen (secondary N) is 1. The van der Waals surface area contributed by atoms with Crippen LogP contribution in [-0.2, 0) is 6.42 Å². The molecule has 1 amide bonds. The number of halogens is 7. The summed E-state index contributed by atoms with van der Waals surface area (Å²) in [6.45, 7) is 0. The molecule has 2 rings (SSSR count). The van der Waals surface area contributed by atoms with Crippen LogP contribution in [0.25, 0.3) is 5.70 Å². The van der Waals surface area contributed by atoms with Crippen molar-refractivity contribution in [2.75, 3.05) is 0 Å². The quantitative estimate of drug-likeness (QED) is 0.460. The third-order valence-electron chi connectivity index (χ3n) is 3.88. The molecule has 2 aromatic rings. The highest BCUT2D eigenvalue weighted by molar-refractivity contribution is 9.10. The molecule has 2 aromatic carbocycles. The smallest absolute Gasteiger partial charge is 0.321 e. The molecular weight excluding hydrogens is 464 g/mol. The highest BCUT2D eigenvalue weighted by Gasteiger charge is 2.28. The van der Waals surface area contributed by atoms with E-state index < -0.39 is 30.4 Å². The average molecular weight is 480 g/mol. The van der Waals surface area contributed by atoms with Gasteiger partial charge in [0.25, 0.3) is 5.91 Å². The van der Waals surface area contributed by atoms with E-state index in [2.05, 4.69) is 21.2 Å². The summed E-state index contributed by atoms with van der Waals surface area (Å²) in [5, 5.41) is 2.24. The average Bonchev–Trinajstić information content (AvgIpc) is 2.60. The Balaban J connectivity index is 2.32. The zero-order valence-electron chi connectivity index (χ0n) is 14.9. The van der Waals surface area contributed by atoms with E-state index in [1.165, 1.54) is 36.4 Å². The van der Waals surface area contributed by atoms with Gasteiger partial charge in [0.2, 0.25) is 0 Å². The molecule has 0 aliphatic carbocycles. The van der Waals surface area contributed by atoms with Gasteiger partial charge in [-0.25, -0.2) is 0 Å². The Morgan fingerprint density at radius 1 is 0.966 bits per heavy atom. The van der Waals surface area contributed by atoms with Gasteiger partial charge in [0.15, 0.2) is 0 Å². The van der Waals surface area contributed by atoms with Crippen LogP contribution in [0.4, 0.5) is 26.3 Å². The minimum absolute atomic E-state index is 0.0254. The van der Waals surface area contributed by atoms with Gasteiger partial charge in [-0.3, -0.25) is 4.79 Å². The Bertz CT molecular complexity index is 872. The van der Waals surface area contributed by atoms with Crippen molar-refractivity contribution in [2.24, 2.45) is 0 Å². The maximum absolute atomic E-state index is 13.1. The van der Waals surface area contributed by atoms with Gasteiger partial charge in [-0.15, -0.1) is 0 Å². The molecular formula is C20H16BrF6NO. The van der Waals surface area contributed by atoms with Gasteiger partial charge in [0, 0.05) is 28.1 Å². The molecule has 0 fully saturated rings. The summed E-state index contributed by atoms with van der Waals surface area (Å²) in [6, 6.07) is 11.7. The van der Waals surface area contributed by atoms with E-state index in [1.54, 1.807) is 12.1 Å². The van der Waals surface area contributed by atoms with Crippen LogP contribution >= 0.6 is 15.9 Å². The lowest BCUT2D eigenvalue weighted by Crippen LogP contribution is -2.24. The van der Waals surface area contributed by atoms with E-state index in [0.29, 0.717) is 4.47 Å². The fourth-order valence-electron chi connectivity index (χ4n) is 2.62. The summed E-state index contributed by atoms with van der Waals surface area (Å²) in [4.78, 5) is 12.4. The van der Waals surface area contributed by atoms with Crippen molar-refractivity contribution in [3.8, 4) is 0 Å². The lowest BCUT2D eigenvalue weighted by Gasteiger charge is -2.16. The lowest BCUT2D eigenvalue weighted by molar-refractivity contribution is -0.135. The molecule has 9 heteroatoms. The van der Waals surface area contributed by atoms with Gasteiger partial charge in [0.05, 0.1) is 5.70 Å². The molecule has 2 nitrogen and oxygen atoms in total.